The lowest BCUT2D eigenvalue weighted by Gasteiger charge is -2.33. The first kappa shape index (κ1) is 18.9. The number of aromatic nitrogens is 1. The van der Waals surface area contributed by atoms with Gasteiger partial charge in [-0.2, -0.15) is 0 Å². The Morgan fingerprint density at radius 3 is 2.43 bits per heavy atom. The van der Waals surface area contributed by atoms with Crippen molar-refractivity contribution in [3.8, 4) is 5.75 Å². The zero-order valence-corrected chi connectivity index (χ0v) is 16.3. The van der Waals surface area contributed by atoms with E-state index in [4.69, 9.17) is 9.47 Å². The molecule has 2 aliphatic heterocycles. The number of nitrogens with zero attached hydrogens (tertiary/aromatic N) is 2. The molecule has 0 bridgehead atoms. The number of hydrogen-bond acceptors (Lipinski definition) is 4. The molecule has 28 heavy (non-hydrogen) atoms. The van der Waals surface area contributed by atoms with Crippen molar-refractivity contribution in [2.24, 2.45) is 11.8 Å². The van der Waals surface area contributed by atoms with Crippen LogP contribution in [-0.4, -0.2) is 42.1 Å². The number of rotatable bonds is 6. The van der Waals surface area contributed by atoms with E-state index in [1.165, 1.54) is 11.1 Å². The normalized spacial score (nSPS) is 20.3. The molecule has 2 aliphatic rings. The van der Waals surface area contributed by atoms with Crippen LogP contribution in [0.2, 0.25) is 0 Å². The smallest absolute Gasteiger partial charge is 0.228 e. The fraction of sp³-hybridized carbons (Fsp3) is 0.478. The molecule has 2 aromatic rings. The molecule has 2 fully saturated rings. The Balaban J connectivity index is 1.22. The minimum absolute atomic E-state index is 0.0958. The molecule has 4 rings (SSSR count). The molecular formula is C23H28N2O3. The van der Waals surface area contributed by atoms with E-state index in [2.05, 4.69) is 34.1 Å². The third-order valence-corrected chi connectivity index (χ3v) is 5.81. The summed E-state index contributed by atoms with van der Waals surface area (Å²) in [6.45, 7) is 3.68. The van der Waals surface area contributed by atoms with E-state index in [1.54, 1.807) is 12.4 Å². The van der Waals surface area contributed by atoms with Crippen molar-refractivity contribution in [3.05, 3.63) is 59.9 Å². The van der Waals surface area contributed by atoms with Crippen molar-refractivity contribution >= 4 is 5.91 Å². The molecule has 0 aliphatic carbocycles. The highest BCUT2D eigenvalue weighted by atomic mass is 16.5. The first-order valence-electron chi connectivity index (χ1n) is 10.2. The van der Waals surface area contributed by atoms with Crippen LogP contribution in [0.4, 0.5) is 0 Å². The molecule has 1 atom stereocenters. The summed E-state index contributed by atoms with van der Waals surface area (Å²) in [6.07, 6.45) is 7.62. The number of ether oxygens (including phenoxy) is 2. The minimum atomic E-state index is 0.0958. The Morgan fingerprint density at radius 1 is 1.04 bits per heavy atom. The fourth-order valence-electron chi connectivity index (χ4n) is 4.05. The predicted octanol–water partition coefficient (Wildman–Crippen LogP) is 3.48. The zero-order valence-electron chi connectivity index (χ0n) is 16.3. The van der Waals surface area contributed by atoms with Crippen molar-refractivity contribution < 1.29 is 14.3 Å². The van der Waals surface area contributed by atoms with Crippen LogP contribution >= 0.6 is 0 Å². The van der Waals surface area contributed by atoms with Gasteiger partial charge in [0.25, 0.3) is 0 Å². The molecule has 1 aromatic heterocycles. The summed E-state index contributed by atoms with van der Waals surface area (Å²) < 4.78 is 11.1. The van der Waals surface area contributed by atoms with Crippen LogP contribution in [0, 0.1) is 11.8 Å². The summed E-state index contributed by atoms with van der Waals surface area (Å²) >= 11 is 0. The second kappa shape index (κ2) is 9.20. The Bertz CT molecular complexity index is 749. The summed E-state index contributed by atoms with van der Waals surface area (Å²) in [5, 5.41) is 0. The topological polar surface area (TPSA) is 51.7 Å². The molecule has 0 spiro atoms. The first-order chi connectivity index (χ1) is 13.8. The number of amides is 1. The highest BCUT2D eigenvalue weighted by molar-refractivity contribution is 5.79. The van der Waals surface area contributed by atoms with Gasteiger partial charge >= 0.3 is 0 Å². The van der Waals surface area contributed by atoms with Crippen molar-refractivity contribution in [2.45, 2.75) is 32.3 Å². The van der Waals surface area contributed by atoms with Gasteiger partial charge in [0.1, 0.15) is 12.4 Å². The van der Waals surface area contributed by atoms with Crippen LogP contribution in [0.25, 0.3) is 0 Å². The second-order valence-corrected chi connectivity index (χ2v) is 7.82. The predicted molar refractivity (Wildman–Crippen MR) is 107 cm³/mol. The maximum Gasteiger partial charge on any atom is 0.228 e. The lowest BCUT2D eigenvalue weighted by Crippen LogP contribution is -2.42. The molecule has 1 aromatic carbocycles. The monoisotopic (exact) mass is 380 g/mol. The SMILES string of the molecule is O=C([C@H]1CCOC1)N1CCC(Cc2ccc(COc3ccncc3)cc2)CC1. The molecule has 2 saturated heterocycles. The molecule has 3 heterocycles. The zero-order chi connectivity index (χ0) is 19.2. The van der Waals surface area contributed by atoms with Gasteiger partial charge < -0.3 is 14.4 Å². The molecule has 5 nitrogen and oxygen atoms in total. The van der Waals surface area contributed by atoms with Gasteiger partial charge in [-0.05, 0) is 54.9 Å². The number of piperidine rings is 1. The Morgan fingerprint density at radius 2 is 1.75 bits per heavy atom. The van der Waals surface area contributed by atoms with Crippen molar-refractivity contribution in [1.82, 2.24) is 9.88 Å². The van der Waals surface area contributed by atoms with Crippen LogP contribution in [0.5, 0.6) is 5.75 Å². The number of pyridine rings is 1. The van der Waals surface area contributed by atoms with Gasteiger partial charge in [0.15, 0.2) is 0 Å². The van der Waals surface area contributed by atoms with E-state index in [9.17, 15) is 4.79 Å². The Kier molecular flexibility index (Phi) is 6.22. The van der Waals surface area contributed by atoms with Crippen LogP contribution in [0.3, 0.4) is 0 Å². The average Bonchev–Trinajstić information content (AvgIpc) is 3.29. The van der Waals surface area contributed by atoms with E-state index in [0.717, 1.165) is 51.1 Å². The third kappa shape index (κ3) is 4.90. The summed E-state index contributed by atoms with van der Waals surface area (Å²) in [6, 6.07) is 12.4. The van der Waals surface area contributed by atoms with Gasteiger partial charge in [0.05, 0.1) is 12.5 Å². The summed E-state index contributed by atoms with van der Waals surface area (Å²) in [5.74, 6) is 1.89. The molecule has 5 heteroatoms. The third-order valence-electron chi connectivity index (χ3n) is 5.81. The largest absolute Gasteiger partial charge is 0.489 e. The number of benzene rings is 1. The Hall–Kier alpha value is -2.40. The van der Waals surface area contributed by atoms with Crippen LogP contribution in [-0.2, 0) is 22.6 Å². The van der Waals surface area contributed by atoms with E-state index in [1.807, 2.05) is 12.1 Å². The maximum absolute atomic E-state index is 12.5. The highest BCUT2D eigenvalue weighted by Gasteiger charge is 2.30. The molecule has 0 saturated carbocycles. The van der Waals surface area contributed by atoms with Gasteiger partial charge in [-0.1, -0.05) is 24.3 Å². The first-order valence-corrected chi connectivity index (χ1v) is 10.2. The Labute approximate surface area is 166 Å². The van der Waals surface area contributed by atoms with Crippen LogP contribution < -0.4 is 4.74 Å². The van der Waals surface area contributed by atoms with Gasteiger partial charge in [-0.25, -0.2) is 0 Å². The highest BCUT2D eigenvalue weighted by Crippen LogP contribution is 2.25. The summed E-state index contributed by atoms with van der Waals surface area (Å²) in [5.41, 5.74) is 2.53. The number of likely N-dealkylation sites (tertiary alicyclic amines) is 1. The van der Waals surface area contributed by atoms with Crippen LogP contribution in [0.1, 0.15) is 30.4 Å². The lowest BCUT2D eigenvalue weighted by molar-refractivity contribution is -0.136. The summed E-state index contributed by atoms with van der Waals surface area (Å²) in [7, 11) is 0. The number of carbonyl (C=O) groups excluding carboxylic acids is 1. The molecule has 0 radical (unpaired) electrons. The van der Waals surface area contributed by atoms with Crippen molar-refractivity contribution in [1.29, 1.82) is 0 Å². The van der Waals surface area contributed by atoms with Gasteiger partial charge in [-0.15, -0.1) is 0 Å². The quantitative estimate of drug-likeness (QED) is 0.770. The number of hydrogen-bond donors (Lipinski definition) is 0. The number of carbonyl (C=O) groups is 1. The average molecular weight is 380 g/mol. The molecule has 0 N–H and O–H groups in total. The van der Waals surface area contributed by atoms with E-state index in [0.29, 0.717) is 25.0 Å². The fourth-order valence-corrected chi connectivity index (χ4v) is 4.05. The lowest BCUT2D eigenvalue weighted by atomic mass is 9.89. The molecule has 148 valence electrons. The van der Waals surface area contributed by atoms with E-state index >= 15 is 0 Å². The second-order valence-electron chi connectivity index (χ2n) is 7.82. The van der Waals surface area contributed by atoms with E-state index in [-0.39, 0.29) is 5.92 Å². The van der Waals surface area contributed by atoms with Gasteiger partial charge in [-0.3, -0.25) is 9.78 Å². The maximum atomic E-state index is 12.5. The van der Waals surface area contributed by atoms with E-state index < -0.39 is 0 Å². The van der Waals surface area contributed by atoms with Gasteiger partial charge in [0.2, 0.25) is 5.91 Å². The minimum Gasteiger partial charge on any atom is -0.489 e. The van der Waals surface area contributed by atoms with Crippen LogP contribution in [0.15, 0.2) is 48.8 Å². The van der Waals surface area contributed by atoms with Gasteiger partial charge in [0, 0.05) is 32.1 Å². The molecule has 1 amide bonds. The summed E-state index contributed by atoms with van der Waals surface area (Å²) in [4.78, 5) is 18.5. The molecular weight excluding hydrogens is 352 g/mol. The van der Waals surface area contributed by atoms with Crippen molar-refractivity contribution in [3.63, 3.8) is 0 Å². The molecule has 0 unspecified atom stereocenters. The van der Waals surface area contributed by atoms with Crippen molar-refractivity contribution in [2.75, 3.05) is 26.3 Å². The standard InChI is InChI=1S/C23H28N2O3/c26-23(21-9-14-27-17-21)25-12-7-19(8-13-25)15-18-1-3-20(4-2-18)16-28-22-5-10-24-11-6-22/h1-6,10-11,19,21H,7-9,12-17H2/t21-/m0/s1.